The molecule has 1 fully saturated rings. The van der Waals surface area contributed by atoms with E-state index in [4.69, 9.17) is 27.9 Å². The molecule has 14 heavy (non-hydrogen) atoms. The Bertz CT molecular complexity index is 332. The molecule has 0 bridgehead atoms. The van der Waals surface area contributed by atoms with Crippen LogP contribution in [0.3, 0.4) is 0 Å². The van der Waals surface area contributed by atoms with Gasteiger partial charge >= 0.3 is 0 Å². The maximum atomic E-state index is 6.10. The molecular formula is C11H12Cl2O. The number of alkyl halides is 2. The van der Waals surface area contributed by atoms with Crippen LogP contribution in [0.2, 0.25) is 0 Å². The van der Waals surface area contributed by atoms with Crippen LogP contribution < -0.4 is 4.74 Å². The Morgan fingerprint density at radius 1 is 1.21 bits per heavy atom. The first-order valence-corrected chi connectivity index (χ1v) is 5.34. The highest BCUT2D eigenvalue weighted by Crippen LogP contribution is 2.64. The highest BCUT2D eigenvalue weighted by Gasteiger charge is 2.60. The zero-order valence-electron chi connectivity index (χ0n) is 8.13. The zero-order valence-corrected chi connectivity index (χ0v) is 9.64. The van der Waals surface area contributed by atoms with Crippen LogP contribution in [0.15, 0.2) is 24.3 Å². The fraction of sp³-hybridized carbons (Fsp3) is 0.455. The van der Waals surface area contributed by atoms with Gasteiger partial charge in [-0.15, -0.1) is 23.2 Å². The Labute approximate surface area is 94.0 Å². The molecule has 0 spiro atoms. The summed E-state index contributed by atoms with van der Waals surface area (Å²) in [7, 11) is 1.65. The number of ether oxygens (including phenoxy) is 1. The van der Waals surface area contributed by atoms with Gasteiger partial charge in [-0.1, -0.05) is 19.1 Å². The summed E-state index contributed by atoms with van der Waals surface area (Å²) in [6.45, 7) is 2.06. The Balaban J connectivity index is 2.20. The molecule has 0 N–H and O–H groups in total. The SMILES string of the molecule is COc1ccc(C2C(C)C2(Cl)Cl)cc1. The molecule has 0 aliphatic heterocycles. The van der Waals surface area contributed by atoms with Crippen LogP contribution in [0.1, 0.15) is 18.4 Å². The first-order valence-electron chi connectivity index (χ1n) is 4.59. The van der Waals surface area contributed by atoms with E-state index >= 15 is 0 Å². The van der Waals surface area contributed by atoms with Crippen LogP contribution in [0, 0.1) is 5.92 Å². The van der Waals surface area contributed by atoms with Crippen molar-refractivity contribution in [1.29, 1.82) is 0 Å². The number of rotatable bonds is 2. The highest BCUT2D eigenvalue weighted by atomic mass is 35.5. The third-order valence-electron chi connectivity index (χ3n) is 2.89. The molecule has 0 amide bonds. The Morgan fingerprint density at radius 3 is 2.07 bits per heavy atom. The number of hydrogen-bond acceptors (Lipinski definition) is 1. The zero-order chi connectivity index (χ0) is 10.3. The van der Waals surface area contributed by atoms with Crippen LogP contribution in [-0.2, 0) is 0 Å². The second-order valence-corrected chi connectivity index (χ2v) is 5.16. The van der Waals surface area contributed by atoms with Gasteiger partial charge < -0.3 is 4.74 Å². The Kier molecular flexibility index (Phi) is 2.40. The predicted octanol–water partition coefficient (Wildman–Crippen LogP) is 3.60. The van der Waals surface area contributed by atoms with Gasteiger partial charge in [0.2, 0.25) is 0 Å². The van der Waals surface area contributed by atoms with E-state index in [9.17, 15) is 0 Å². The summed E-state index contributed by atoms with van der Waals surface area (Å²) in [4.78, 5) is 0. The molecule has 0 aromatic heterocycles. The van der Waals surface area contributed by atoms with Gasteiger partial charge in [0, 0.05) is 5.92 Å². The summed E-state index contributed by atoms with van der Waals surface area (Å²) in [5.41, 5.74) is 1.18. The number of benzene rings is 1. The minimum Gasteiger partial charge on any atom is -0.497 e. The average Bonchev–Trinajstić information content (AvgIpc) is 2.67. The van der Waals surface area contributed by atoms with Gasteiger partial charge in [-0.2, -0.15) is 0 Å². The lowest BCUT2D eigenvalue weighted by atomic mass is 10.1. The van der Waals surface area contributed by atoms with E-state index in [2.05, 4.69) is 6.92 Å². The standard InChI is InChI=1S/C11H12Cl2O/c1-7-10(11(7,12)13)8-3-5-9(14-2)6-4-8/h3-7,10H,1-2H3. The van der Waals surface area contributed by atoms with Crippen molar-refractivity contribution >= 4 is 23.2 Å². The van der Waals surface area contributed by atoms with Gasteiger partial charge in [-0.25, -0.2) is 0 Å². The van der Waals surface area contributed by atoms with E-state index in [1.807, 2.05) is 24.3 Å². The molecule has 2 rings (SSSR count). The molecule has 0 saturated heterocycles. The molecule has 1 aromatic rings. The number of methoxy groups -OCH3 is 1. The molecule has 3 heteroatoms. The van der Waals surface area contributed by atoms with Crippen molar-refractivity contribution < 1.29 is 4.74 Å². The van der Waals surface area contributed by atoms with Crippen molar-refractivity contribution in [3.8, 4) is 5.75 Å². The summed E-state index contributed by atoms with van der Waals surface area (Å²) in [6.07, 6.45) is 0. The van der Waals surface area contributed by atoms with E-state index < -0.39 is 4.33 Å². The summed E-state index contributed by atoms with van der Waals surface area (Å²) < 4.78 is 4.51. The van der Waals surface area contributed by atoms with Gasteiger partial charge in [0.25, 0.3) is 0 Å². The minimum atomic E-state index is -0.575. The van der Waals surface area contributed by atoms with E-state index in [-0.39, 0.29) is 5.92 Å². The first-order chi connectivity index (χ1) is 6.57. The van der Waals surface area contributed by atoms with Crippen molar-refractivity contribution in [1.82, 2.24) is 0 Å². The van der Waals surface area contributed by atoms with Gasteiger partial charge in [0.15, 0.2) is 0 Å². The summed E-state index contributed by atoms with van der Waals surface area (Å²) in [5.74, 6) is 1.45. The highest BCUT2D eigenvalue weighted by molar-refractivity contribution is 6.51. The van der Waals surface area contributed by atoms with Gasteiger partial charge in [-0.05, 0) is 23.6 Å². The smallest absolute Gasteiger partial charge is 0.128 e. The first kappa shape index (κ1) is 10.1. The summed E-state index contributed by atoms with van der Waals surface area (Å²) in [5, 5.41) is 0. The second kappa shape index (κ2) is 3.32. The van der Waals surface area contributed by atoms with Crippen LogP contribution >= 0.6 is 23.2 Å². The number of hydrogen-bond donors (Lipinski definition) is 0. The van der Waals surface area contributed by atoms with Crippen LogP contribution in [0.5, 0.6) is 5.75 Å². The lowest BCUT2D eigenvalue weighted by Gasteiger charge is -2.02. The maximum absolute atomic E-state index is 6.10. The average molecular weight is 231 g/mol. The van der Waals surface area contributed by atoms with Crippen molar-refractivity contribution in [2.45, 2.75) is 17.2 Å². The van der Waals surface area contributed by atoms with Crippen molar-refractivity contribution in [2.24, 2.45) is 5.92 Å². The largest absolute Gasteiger partial charge is 0.497 e. The van der Waals surface area contributed by atoms with Gasteiger partial charge in [0.05, 0.1) is 7.11 Å². The molecule has 1 saturated carbocycles. The third kappa shape index (κ3) is 1.49. The maximum Gasteiger partial charge on any atom is 0.128 e. The number of halogens is 2. The normalized spacial score (nSPS) is 28.6. The molecule has 1 aliphatic carbocycles. The van der Waals surface area contributed by atoms with E-state index in [0.717, 1.165) is 5.75 Å². The summed E-state index contributed by atoms with van der Waals surface area (Å²) in [6, 6.07) is 7.91. The van der Waals surface area contributed by atoms with Crippen LogP contribution in [-0.4, -0.2) is 11.4 Å². The van der Waals surface area contributed by atoms with Crippen molar-refractivity contribution in [3.63, 3.8) is 0 Å². The Hall–Kier alpha value is -0.400. The quantitative estimate of drug-likeness (QED) is 0.706. The molecular weight excluding hydrogens is 219 g/mol. The van der Waals surface area contributed by atoms with Gasteiger partial charge in [0.1, 0.15) is 10.1 Å². The minimum absolute atomic E-state index is 0.261. The lowest BCUT2D eigenvalue weighted by molar-refractivity contribution is 0.414. The molecule has 0 heterocycles. The topological polar surface area (TPSA) is 9.23 Å². The lowest BCUT2D eigenvalue weighted by Crippen LogP contribution is -1.90. The van der Waals surface area contributed by atoms with Crippen LogP contribution in [0.25, 0.3) is 0 Å². The monoisotopic (exact) mass is 230 g/mol. The molecule has 1 nitrogen and oxygen atoms in total. The molecule has 76 valence electrons. The summed E-state index contributed by atoms with van der Waals surface area (Å²) >= 11 is 12.2. The van der Waals surface area contributed by atoms with Crippen LogP contribution in [0.4, 0.5) is 0 Å². The third-order valence-corrected chi connectivity index (χ3v) is 4.05. The molecule has 0 radical (unpaired) electrons. The fourth-order valence-corrected chi connectivity index (χ4v) is 2.56. The fourth-order valence-electron chi connectivity index (χ4n) is 1.80. The Morgan fingerprint density at radius 2 is 1.71 bits per heavy atom. The molecule has 1 aliphatic rings. The van der Waals surface area contributed by atoms with E-state index in [1.54, 1.807) is 7.11 Å². The second-order valence-electron chi connectivity index (χ2n) is 3.71. The van der Waals surface area contributed by atoms with E-state index in [0.29, 0.717) is 5.92 Å². The van der Waals surface area contributed by atoms with E-state index in [1.165, 1.54) is 5.56 Å². The molecule has 2 unspecified atom stereocenters. The molecule has 1 aromatic carbocycles. The van der Waals surface area contributed by atoms with Crippen molar-refractivity contribution in [3.05, 3.63) is 29.8 Å². The predicted molar refractivity (Wildman–Crippen MR) is 59.3 cm³/mol. The van der Waals surface area contributed by atoms with Crippen molar-refractivity contribution in [2.75, 3.05) is 7.11 Å². The van der Waals surface area contributed by atoms with Gasteiger partial charge in [-0.3, -0.25) is 0 Å². The molecule has 2 atom stereocenters.